The van der Waals surface area contributed by atoms with Crippen molar-refractivity contribution in [1.82, 2.24) is 9.55 Å². The zero-order valence-electron chi connectivity index (χ0n) is 10.1. The van der Waals surface area contributed by atoms with Crippen molar-refractivity contribution < 1.29 is 14.8 Å². The molecular formula is C12H11N3O4. The van der Waals surface area contributed by atoms with Gasteiger partial charge in [0.1, 0.15) is 5.69 Å². The van der Waals surface area contributed by atoms with Gasteiger partial charge in [-0.25, -0.2) is 4.79 Å². The molecule has 0 bridgehead atoms. The van der Waals surface area contributed by atoms with Gasteiger partial charge in [0.25, 0.3) is 5.69 Å². The maximum Gasteiger partial charge on any atom is 0.352 e. The quantitative estimate of drug-likeness (QED) is 0.668. The highest BCUT2D eigenvalue weighted by Gasteiger charge is 2.19. The number of aryl methyl sites for hydroxylation is 1. The molecule has 0 saturated carbocycles. The van der Waals surface area contributed by atoms with E-state index < -0.39 is 10.9 Å². The molecule has 0 aromatic carbocycles. The first-order valence-electron chi connectivity index (χ1n) is 5.47. The summed E-state index contributed by atoms with van der Waals surface area (Å²) in [7, 11) is 0. The van der Waals surface area contributed by atoms with Gasteiger partial charge in [0.15, 0.2) is 0 Å². The van der Waals surface area contributed by atoms with Crippen LogP contribution < -0.4 is 0 Å². The molecular weight excluding hydrogens is 250 g/mol. The molecule has 0 unspecified atom stereocenters. The predicted molar refractivity (Wildman–Crippen MR) is 66.1 cm³/mol. The highest BCUT2D eigenvalue weighted by atomic mass is 16.6. The smallest absolute Gasteiger partial charge is 0.352 e. The molecule has 0 aliphatic rings. The van der Waals surface area contributed by atoms with Crippen LogP contribution in [0.2, 0.25) is 0 Å². The lowest BCUT2D eigenvalue weighted by atomic mass is 10.2. The van der Waals surface area contributed by atoms with Gasteiger partial charge in [-0.2, -0.15) is 0 Å². The highest BCUT2D eigenvalue weighted by molar-refractivity contribution is 5.86. The second-order valence-electron chi connectivity index (χ2n) is 4.04. The van der Waals surface area contributed by atoms with Crippen LogP contribution in [0.25, 0.3) is 0 Å². The summed E-state index contributed by atoms with van der Waals surface area (Å²) in [6.07, 6.45) is 2.80. The number of carboxylic acid groups (broad SMARTS) is 1. The third-order valence-corrected chi connectivity index (χ3v) is 2.75. The van der Waals surface area contributed by atoms with Crippen LogP contribution in [0.1, 0.15) is 21.7 Å². The Morgan fingerprint density at radius 3 is 2.89 bits per heavy atom. The number of aromatic carboxylic acids is 1. The molecule has 0 fully saturated rings. The fourth-order valence-electron chi connectivity index (χ4n) is 1.75. The Morgan fingerprint density at radius 2 is 2.32 bits per heavy atom. The first kappa shape index (κ1) is 12.7. The average Bonchev–Trinajstić information content (AvgIpc) is 2.76. The van der Waals surface area contributed by atoms with E-state index in [9.17, 15) is 14.9 Å². The Kier molecular flexibility index (Phi) is 3.28. The lowest BCUT2D eigenvalue weighted by Gasteiger charge is -2.07. The minimum absolute atomic E-state index is 0.128. The standard InChI is InChI=1S/C12H11N3O4/c1-8-3-2-4-13-10(8)7-14-6-9(15(18)19)5-11(14)12(16)17/h2-6H,7H2,1H3,(H,16,17). The summed E-state index contributed by atoms with van der Waals surface area (Å²) in [6.45, 7) is 2.03. The van der Waals surface area contributed by atoms with Crippen LogP contribution in [0.15, 0.2) is 30.6 Å². The molecule has 2 heterocycles. The molecule has 2 aromatic heterocycles. The number of nitrogens with zero attached hydrogens (tertiary/aromatic N) is 3. The summed E-state index contributed by atoms with van der Waals surface area (Å²) in [5, 5.41) is 19.7. The largest absolute Gasteiger partial charge is 0.477 e. The van der Waals surface area contributed by atoms with E-state index in [-0.39, 0.29) is 17.9 Å². The van der Waals surface area contributed by atoms with Crippen LogP contribution in [-0.2, 0) is 6.54 Å². The molecule has 2 aromatic rings. The van der Waals surface area contributed by atoms with Gasteiger partial charge in [0.05, 0.1) is 23.4 Å². The molecule has 7 nitrogen and oxygen atoms in total. The van der Waals surface area contributed by atoms with Crippen molar-refractivity contribution in [3.05, 3.63) is 57.7 Å². The number of aromatic nitrogens is 2. The summed E-state index contributed by atoms with van der Waals surface area (Å²) in [4.78, 5) is 25.3. The van der Waals surface area contributed by atoms with E-state index >= 15 is 0 Å². The molecule has 0 spiro atoms. The molecule has 0 radical (unpaired) electrons. The van der Waals surface area contributed by atoms with E-state index in [0.29, 0.717) is 5.69 Å². The summed E-state index contributed by atoms with van der Waals surface area (Å²) < 4.78 is 1.32. The SMILES string of the molecule is Cc1cccnc1Cn1cc([N+](=O)[O-])cc1C(=O)O. The molecule has 0 atom stereocenters. The monoisotopic (exact) mass is 261 g/mol. The number of hydrogen-bond donors (Lipinski definition) is 1. The van der Waals surface area contributed by atoms with E-state index in [1.807, 2.05) is 13.0 Å². The van der Waals surface area contributed by atoms with Crippen LogP contribution in [-0.4, -0.2) is 25.6 Å². The summed E-state index contributed by atoms with van der Waals surface area (Å²) in [6, 6.07) is 4.66. The molecule has 98 valence electrons. The van der Waals surface area contributed by atoms with Gasteiger partial charge < -0.3 is 9.67 Å². The van der Waals surface area contributed by atoms with Crippen LogP contribution in [0.5, 0.6) is 0 Å². The number of carboxylic acids is 1. The van der Waals surface area contributed by atoms with Crippen LogP contribution in [0.3, 0.4) is 0 Å². The molecule has 0 saturated heterocycles. The van der Waals surface area contributed by atoms with Crippen LogP contribution >= 0.6 is 0 Å². The van der Waals surface area contributed by atoms with Gasteiger partial charge in [-0.15, -0.1) is 0 Å². The number of pyridine rings is 1. The van der Waals surface area contributed by atoms with Gasteiger partial charge in [0.2, 0.25) is 0 Å². The number of rotatable bonds is 4. The number of hydrogen-bond acceptors (Lipinski definition) is 4. The lowest BCUT2D eigenvalue weighted by Crippen LogP contribution is -2.10. The zero-order chi connectivity index (χ0) is 14.0. The van der Waals surface area contributed by atoms with Gasteiger partial charge in [0, 0.05) is 12.3 Å². The third-order valence-electron chi connectivity index (χ3n) is 2.75. The molecule has 0 amide bonds. The van der Waals surface area contributed by atoms with E-state index in [0.717, 1.165) is 11.6 Å². The average molecular weight is 261 g/mol. The topological polar surface area (TPSA) is 98.3 Å². The Labute approximate surface area is 108 Å². The number of carbonyl (C=O) groups is 1. The van der Waals surface area contributed by atoms with Crippen LogP contribution in [0.4, 0.5) is 5.69 Å². The van der Waals surface area contributed by atoms with Crippen LogP contribution in [0, 0.1) is 17.0 Å². The third kappa shape index (κ3) is 2.59. The van der Waals surface area contributed by atoms with E-state index in [1.165, 1.54) is 10.8 Å². The van der Waals surface area contributed by atoms with Gasteiger partial charge in [-0.3, -0.25) is 15.1 Å². The molecule has 7 heteroatoms. The zero-order valence-corrected chi connectivity index (χ0v) is 10.1. The highest BCUT2D eigenvalue weighted by Crippen LogP contribution is 2.18. The number of nitro groups is 1. The maximum absolute atomic E-state index is 11.1. The molecule has 2 rings (SSSR count). The summed E-state index contributed by atoms with van der Waals surface area (Å²) in [5.41, 5.74) is 1.20. The first-order chi connectivity index (χ1) is 8.99. The van der Waals surface area contributed by atoms with Crippen molar-refractivity contribution in [2.75, 3.05) is 0 Å². The van der Waals surface area contributed by atoms with Crippen molar-refractivity contribution in [2.45, 2.75) is 13.5 Å². The minimum atomic E-state index is -1.21. The van der Waals surface area contributed by atoms with Gasteiger partial charge in [-0.1, -0.05) is 6.07 Å². The lowest BCUT2D eigenvalue weighted by molar-refractivity contribution is -0.384. The Balaban J connectivity index is 2.42. The summed E-state index contributed by atoms with van der Waals surface area (Å²) in [5.74, 6) is -1.21. The normalized spacial score (nSPS) is 10.4. The van der Waals surface area contributed by atoms with Crippen molar-refractivity contribution in [2.24, 2.45) is 0 Å². The van der Waals surface area contributed by atoms with E-state index in [4.69, 9.17) is 5.11 Å². The second kappa shape index (κ2) is 4.89. The van der Waals surface area contributed by atoms with E-state index in [2.05, 4.69) is 4.98 Å². The molecule has 0 aliphatic carbocycles. The fourth-order valence-corrected chi connectivity index (χ4v) is 1.75. The molecule has 1 N–H and O–H groups in total. The van der Waals surface area contributed by atoms with Gasteiger partial charge in [-0.05, 0) is 18.6 Å². The van der Waals surface area contributed by atoms with Crippen molar-refractivity contribution in [3.8, 4) is 0 Å². The predicted octanol–water partition coefficient (Wildman–Crippen LogP) is 1.85. The van der Waals surface area contributed by atoms with Crippen molar-refractivity contribution >= 4 is 11.7 Å². The minimum Gasteiger partial charge on any atom is -0.477 e. The van der Waals surface area contributed by atoms with Crippen molar-refractivity contribution in [1.29, 1.82) is 0 Å². The first-order valence-corrected chi connectivity index (χ1v) is 5.47. The Morgan fingerprint density at radius 1 is 1.58 bits per heavy atom. The molecule has 0 aliphatic heterocycles. The maximum atomic E-state index is 11.1. The fraction of sp³-hybridized carbons (Fsp3) is 0.167. The Hall–Kier alpha value is -2.70. The van der Waals surface area contributed by atoms with Gasteiger partial charge >= 0.3 is 5.97 Å². The second-order valence-corrected chi connectivity index (χ2v) is 4.04. The molecule has 19 heavy (non-hydrogen) atoms. The summed E-state index contributed by atoms with van der Waals surface area (Å²) >= 11 is 0. The van der Waals surface area contributed by atoms with Crippen molar-refractivity contribution in [3.63, 3.8) is 0 Å². The van der Waals surface area contributed by atoms with E-state index in [1.54, 1.807) is 12.3 Å². The Bertz CT molecular complexity index is 648.